The van der Waals surface area contributed by atoms with E-state index in [1.165, 1.54) is 0 Å². The van der Waals surface area contributed by atoms with Crippen LogP contribution in [0.5, 0.6) is 5.75 Å². The molecule has 1 aromatic carbocycles. The summed E-state index contributed by atoms with van der Waals surface area (Å²) in [7, 11) is 3.18. The SMILES string of the molecule is COc1cccc(N2CC(CS(=O)(=O)Cl)CC2=O)c1Br. The Bertz CT molecular complexity index is 634. The number of methoxy groups -OCH3 is 1. The van der Waals surface area contributed by atoms with E-state index >= 15 is 0 Å². The number of rotatable bonds is 4. The molecule has 0 N–H and O–H groups in total. The molecule has 2 rings (SSSR count). The minimum absolute atomic E-state index is 0.121. The van der Waals surface area contributed by atoms with Crippen molar-refractivity contribution >= 4 is 47.3 Å². The van der Waals surface area contributed by atoms with Crippen LogP contribution in [0.15, 0.2) is 22.7 Å². The monoisotopic (exact) mass is 381 g/mol. The van der Waals surface area contributed by atoms with Gasteiger partial charge >= 0.3 is 0 Å². The van der Waals surface area contributed by atoms with Gasteiger partial charge in [0, 0.05) is 29.6 Å². The Kier molecular flexibility index (Phi) is 4.61. The number of amides is 1. The lowest BCUT2D eigenvalue weighted by atomic mass is 10.1. The molecule has 0 saturated carbocycles. The van der Waals surface area contributed by atoms with Gasteiger partial charge in [0.2, 0.25) is 15.0 Å². The Morgan fingerprint density at radius 2 is 2.20 bits per heavy atom. The van der Waals surface area contributed by atoms with Crippen molar-refractivity contribution < 1.29 is 17.9 Å². The predicted molar refractivity (Wildman–Crippen MR) is 80.8 cm³/mol. The van der Waals surface area contributed by atoms with Gasteiger partial charge in [-0.25, -0.2) is 8.42 Å². The van der Waals surface area contributed by atoms with Gasteiger partial charge in [-0.1, -0.05) is 6.07 Å². The van der Waals surface area contributed by atoms with Crippen LogP contribution in [0.2, 0.25) is 0 Å². The second-order valence-electron chi connectivity index (χ2n) is 4.57. The summed E-state index contributed by atoms with van der Waals surface area (Å²) in [6, 6.07) is 5.33. The van der Waals surface area contributed by atoms with Gasteiger partial charge in [0.25, 0.3) is 0 Å². The fourth-order valence-corrected chi connectivity index (χ4v) is 4.23. The summed E-state index contributed by atoms with van der Waals surface area (Å²) < 4.78 is 28.1. The Balaban J connectivity index is 2.24. The number of hydrogen-bond donors (Lipinski definition) is 0. The number of anilines is 1. The minimum Gasteiger partial charge on any atom is -0.495 e. The number of nitrogens with zero attached hydrogens (tertiary/aromatic N) is 1. The normalized spacial score (nSPS) is 19.4. The van der Waals surface area contributed by atoms with Crippen LogP contribution >= 0.6 is 26.6 Å². The average molecular weight is 383 g/mol. The lowest BCUT2D eigenvalue weighted by molar-refractivity contribution is -0.117. The first-order chi connectivity index (χ1) is 9.31. The molecule has 0 radical (unpaired) electrons. The minimum atomic E-state index is -3.60. The standard InChI is InChI=1S/C12H13BrClNO4S/c1-19-10-4-2-3-9(12(10)13)15-6-8(5-11(15)16)7-20(14,17)18/h2-4,8H,5-7H2,1H3. The lowest BCUT2D eigenvalue weighted by Gasteiger charge is -2.19. The van der Waals surface area contributed by atoms with Crippen LogP contribution in [0, 0.1) is 5.92 Å². The zero-order valence-corrected chi connectivity index (χ0v) is 13.8. The van der Waals surface area contributed by atoms with E-state index in [4.69, 9.17) is 15.4 Å². The highest BCUT2D eigenvalue weighted by Gasteiger charge is 2.34. The molecule has 1 aliphatic rings. The quantitative estimate of drug-likeness (QED) is 0.750. The van der Waals surface area contributed by atoms with Crippen molar-refractivity contribution in [1.82, 2.24) is 0 Å². The fraction of sp³-hybridized carbons (Fsp3) is 0.417. The number of carbonyl (C=O) groups is 1. The Morgan fingerprint density at radius 3 is 2.80 bits per heavy atom. The van der Waals surface area contributed by atoms with Gasteiger partial charge in [-0.05, 0) is 28.1 Å². The number of hydrogen-bond acceptors (Lipinski definition) is 4. The van der Waals surface area contributed by atoms with E-state index in [9.17, 15) is 13.2 Å². The summed E-state index contributed by atoms with van der Waals surface area (Å²) in [6.07, 6.45) is 0.176. The van der Waals surface area contributed by atoms with Gasteiger partial charge in [0.15, 0.2) is 0 Å². The third kappa shape index (κ3) is 3.45. The topological polar surface area (TPSA) is 63.7 Å². The Labute approximate surface area is 130 Å². The summed E-state index contributed by atoms with van der Waals surface area (Å²) in [5.41, 5.74) is 0.670. The van der Waals surface area contributed by atoms with Crippen LogP contribution in [-0.2, 0) is 13.8 Å². The second-order valence-corrected chi connectivity index (χ2v) is 8.19. The van der Waals surface area contributed by atoms with Crippen LogP contribution in [0.4, 0.5) is 5.69 Å². The van der Waals surface area contributed by atoms with E-state index in [1.54, 1.807) is 30.2 Å². The molecule has 0 spiro atoms. The molecule has 1 aliphatic heterocycles. The summed E-state index contributed by atoms with van der Waals surface area (Å²) in [5, 5.41) is 0. The van der Waals surface area contributed by atoms with Crippen molar-refractivity contribution in [3.63, 3.8) is 0 Å². The third-order valence-electron chi connectivity index (χ3n) is 3.09. The first-order valence-corrected chi connectivity index (χ1v) is 9.14. The first-order valence-electron chi connectivity index (χ1n) is 5.87. The molecular formula is C12H13BrClNO4S. The first kappa shape index (κ1) is 15.6. The van der Waals surface area contributed by atoms with E-state index in [0.717, 1.165) is 0 Å². The lowest BCUT2D eigenvalue weighted by Crippen LogP contribution is -2.25. The molecule has 1 saturated heterocycles. The third-order valence-corrected chi connectivity index (χ3v) is 5.14. The van der Waals surface area contributed by atoms with Crippen LogP contribution in [0.25, 0.3) is 0 Å². The molecule has 1 fully saturated rings. The van der Waals surface area contributed by atoms with Gasteiger partial charge in [0.05, 0.1) is 23.0 Å². The van der Waals surface area contributed by atoms with Crippen molar-refractivity contribution in [3.8, 4) is 5.75 Å². The van der Waals surface area contributed by atoms with Crippen LogP contribution in [0.1, 0.15) is 6.42 Å². The number of halogens is 2. The molecule has 0 aromatic heterocycles. The second kappa shape index (κ2) is 5.91. The average Bonchev–Trinajstić information content (AvgIpc) is 2.68. The van der Waals surface area contributed by atoms with E-state index in [2.05, 4.69) is 15.9 Å². The predicted octanol–water partition coefficient (Wildman–Crippen LogP) is 2.38. The van der Waals surface area contributed by atoms with Crippen molar-refractivity contribution in [3.05, 3.63) is 22.7 Å². The van der Waals surface area contributed by atoms with Gasteiger partial charge in [-0.3, -0.25) is 4.79 Å². The molecule has 1 aromatic rings. The Morgan fingerprint density at radius 1 is 1.50 bits per heavy atom. The van der Waals surface area contributed by atoms with Crippen molar-refractivity contribution in [2.45, 2.75) is 6.42 Å². The maximum Gasteiger partial charge on any atom is 0.232 e. The largest absolute Gasteiger partial charge is 0.495 e. The molecule has 20 heavy (non-hydrogen) atoms. The molecule has 1 amide bonds. The molecule has 1 unspecified atom stereocenters. The molecule has 5 nitrogen and oxygen atoms in total. The summed E-state index contributed by atoms with van der Waals surface area (Å²) in [6.45, 7) is 0.330. The smallest absolute Gasteiger partial charge is 0.232 e. The van der Waals surface area contributed by atoms with E-state index in [-0.39, 0.29) is 24.0 Å². The van der Waals surface area contributed by atoms with Crippen molar-refractivity contribution in [2.75, 3.05) is 24.3 Å². The highest BCUT2D eigenvalue weighted by Crippen LogP contribution is 2.37. The highest BCUT2D eigenvalue weighted by molar-refractivity contribution is 9.10. The van der Waals surface area contributed by atoms with Gasteiger partial charge in [0.1, 0.15) is 5.75 Å². The van der Waals surface area contributed by atoms with Gasteiger partial charge < -0.3 is 9.64 Å². The maximum absolute atomic E-state index is 12.0. The molecule has 8 heteroatoms. The highest BCUT2D eigenvalue weighted by atomic mass is 79.9. The number of carbonyl (C=O) groups excluding carboxylic acids is 1. The van der Waals surface area contributed by atoms with E-state index in [0.29, 0.717) is 22.5 Å². The maximum atomic E-state index is 12.0. The zero-order chi connectivity index (χ0) is 14.9. The van der Waals surface area contributed by atoms with Gasteiger partial charge in [-0.15, -0.1) is 0 Å². The van der Waals surface area contributed by atoms with Crippen LogP contribution in [0.3, 0.4) is 0 Å². The number of ether oxygens (including phenoxy) is 1. The molecule has 0 aliphatic carbocycles. The fourth-order valence-electron chi connectivity index (χ4n) is 2.27. The molecule has 110 valence electrons. The zero-order valence-electron chi connectivity index (χ0n) is 10.7. The number of benzene rings is 1. The molecule has 1 atom stereocenters. The van der Waals surface area contributed by atoms with Crippen molar-refractivity contribution in [2.24, 2.45) is 5.92 Å². The van der Waals surface area contributed by atoms with Crippen molar-refractivity contribution in [1.29, 1.82) is 0 Å². The van der Waals surface area contributed by atoms with Crippen LogP contribution < -0.4 is 9.64 Å². The summed E-state index contributed by atoms with van der Waals surface area (Å²) >= 11 is 3.40. The van der Waals surface area contributed by atoms with E-state index in [1.807, 2.05) is 0 Å². The molecule has 1 heterocycles. The van der Waals surface area contributed by atoms with E-state index < -0.39 is 9.05 Å². The van der Waals surface area contributed by atoms with Crippen LogP contribution in [-0.4, -0.2) is 33.7 Å². The summed E-state index contributed by atoms with van der Waals surface area (Å²) in [4.78, 5) is 13.6. The molecule has 0 bridgehead atoms. The Hall–Kier alpha value is -0.790. The summed E-state index contributed by atoms with van der Waals surface area (Å²) in [5.74, 6) is 0.00866. The van der Waals surface area contributed by atoms with Gasteiger partial charge in [-0.2, -0.15) is 0 Å². The molecular weight excluding hydrogens is 370 g/mol.